The fourth-order valence-electron chi connectivity index (χ4n) is 3.19. The fourth-order valence-corrected chi connectivity index (χ4v) is 3.19. The molecule has 0 saturated carbocycles. The van der Waals surface area contributed by atoms with Crippen LogP contribution in [0.15, 0.2) is 30.3 Å². The number of carbonyl (C=O) groups is 1. The smallest absolute Gasteiger partial charge is 0.204 e. The van der Waals surface area contributed by atoms with Gasteiger partial charge in [-0.1, -0.05) is 6.07 Å². The lowest BCUT2D eigenvalue weighted by atomic mass is 9.92. The Morgan fingerprint density at radius 1 is 0.815 bits per heavy atom. The summed E-state index contributed by atoms with van der Waals surface area (Å²) in [5.74, 6) is 2.09. The summed E-state index contributed by atoms with van der Waals surface area (Å²) in [6.07, 6.45) is -1.50. The summed E-state index contributed by atoms with van der Waals surface area (Å²) in [4.78, 5) is 13.0. The number of carbonyl (C=O) groups excluding carboxylic acids is 1. The van der Waals surface area contributed by atoms with Gasteiger partial charge in [-0.25, -0.2) is 0 Å². The third-order valence-electron chi connectivity index (χ3n) is 4.53. The van der Waals surface area contributed by atoms with E-state index in [2.05, 4.69) is 0 Å². The first-order valence-electron chi connectivity index (χ1n) is 8.30. The normalized spacial score (nSPS) is 18.3. The van der Waals surface area contributed by atoms with Gasteiger partial charge in [0.1, 0.15) is 0 Å². The Labute approximate surface area is 157 Å². The highest BCUT2D eigenvalue weighted by Crippen LogP contribution is 2.47. The van der Waals surface area contributed by atoms with Crippen LogP contribution >= 0.6 is 0 Å². The average Bonchev–Trinajstić information content (AvgIpc) is 2.71. The van der Waals surface area contributed by atoms with Crippen LogP contribution in [-0.4, -0.2) is 47.4 Å². The van der Waals surface area contributed by atoms with Crippen LogP contribution in [0.25, 0.3) is 0 Å². The monoisotopic (exact) mass is 374 g/mol. The van der Waals surface area contributed by atoms with Crippen molar-refractivity contribution in [3.05, 3.63) is 41.5 Å². The van der Waals surface area contributed by atoms with Crippen LogP contribution in [-0.2, 0) is 4.74 Å². The van der Waals surface area contributed by atoms with E-state index in [1.165, 1.54) is 21.3 Å². The molecular formula is C20H22O7. The number of hydrogen-bond acceptors (Lipinski definition) is 7. The quantitative estimate of drug-likeness (QED) is 0.769. The molecule has 7 heteroatoms. The Balaban J connectivity index is 2.12. The van der Waals surface area contributed by atoms with Crippen molar-refractivity contribution in [1.29, 1.82) is 0 Å². The molecule has 0 saturated heterocycles. The minimum absolute atomic E-state index is 0.195. The van der Waals surface area contributed by atoms with Gasteiger partial charge >= 0.3 is 0 Å². The third kappa shape index (κ3) is 3.14. The Morgan fingerprint density at radius 2 is 1.48 bits per heavy atom. The van der Waals surface area contributed by atoms with Crippen LogP contribution in [0.2, 0.25) is 0 Å². The first-order valence-corrected chi connectivity index (χ1v) is 8.30. The maximum absolute atomic E-state index is 13.0. The van der Waals surface area contributed by atoms with Gasteiger partial charge in [-0.2, -0.15) is 0 Å². The molecule has 7 nitrogen and oxygen atoms in total. The van der Waals surface area contributed by atoms with Crippen molar-refractivity contribution in [2.24, 2.45) is 0 Å². The predicted octanol–water partition coefficient (Wildman–Crippen LogP) is 3.05. The molecule has 1 aliphatic rings. The van der Waals surface area contributed by atoms with Gasteiger partial charge < -0.3 is 28.4 Å². The summed E-state index contributed by atoms with van der Waals surface area (Å²) >= 11 is 0. The molecule has 27 heavy (non-hydrogen) atoms. The lowest BCUT2D eigenvalue weighted by Gasteiger charge is -2.33. The van der Waals surface area contributed by atoms with Crippen molar-refractivity contribution in [2.75, 3.05) is 35.5 Å². The SMILES string of the molecule is COc1ccc([C@@H]2Oc3c(ccc(OC)c3OC)C(=O)[C@@H]2OC)cc1OC. The molecule has 0 aromatic heterocycles. The molecule has 144 valence electrons. The molecule has 0 aliphatic carbocycles. The molecule has 2 aromatic carbocycles. The van der Waals surface area contributed by atoms with Crippen molar-refractivity contribution in [3.8, 4) is 28.7 Å². The fraction of sp³-hybridized carbons (Fsp3) is 0.350. The van der Waals surface area contributed by atoms with Gasteiger partial charge in [-0.05, 0) is 29.8 Å². The molecule has 0 N–H and O–H groups in total. The lowest BCUT2D eigenvalue weighted by molar-refractivity contribution is -0.00183. The maximum Gasteiger partial charge on any atom is 0.204 e. The number of hydrogen-bond donors (Lipinski definition) is 0. The third-order valence-corrected chi connectivity index (χ3v) is 4.53. The van der Waals surface area contributed by atoms with Gasteiger partial charge in [-0.15, -0.1) is 0 Å². The minimum Gasteiger partial charge on any atom is -0.493 e. The van der Waals surface area contributed by atoms with Gasteiger partial charge in [0.25, 0.3) is 0 Å². The lowest BCUT2D eigenvalue weighted by Crippen LogP contribution is -2.38. The second-order valence-corrected chi connectivity index (χ2v) is 5.85. The van der Waals surface area contributed by atoms with E-state index in [1.807, 2.05) is 6.07 Å². The van der Waals surface area contributed by atoms with Crippen molar-refractivity contribution >= 4 is 5.78 Å². The Morgan fingerprint density at radius 3 is 2.07 bits per heavy atom. The second-order valence-electron chi connectivity index (χ2n) is 5.85. The average molecular weight is 374 g/mol. The molecule has 2 aromatic rings. The maximum atomic E-state index is 13.0. The highest BCUT2D eigenvalue weighted by atomic mass is 16.6. The number of Topliss-reactive ketones (excluding diaryl/α,β-unsaturated/α-hetero) is 1. The number of methoxy groups -OCH3 is 5. The Bertz CT molecular complexity index is 846. The van der Waals surface area contributed by atoms with E-state index in [-0.39, 0.29) is 5.78 Å². The zero-order chi connectivity index (χ0) is 19.6. The molecule has 1 aliphatic heterocycles. The Hall–Kier alpha value is -2.93. The van der Waals surface area contributed by atoms with E-state index in [1.54, 1.807) is 38.5 Å². The largest absolute Gasteiger partial charge is 0.493 e. The molecule has 0 bridgehead atoms. The topological polar surface area (TPSA) is 72.5 Å². The molecule has 1 heterocycles. The number of ether oxygens (including phenoxy) is 6. The van der Waals surface area contributed by atoms with Gasteiger partial charge in [0.05, 0.1) is 34.0 Å². The molecule has 0 amide bonds. The van der Waals surface area contributed by atoms with Crippen molar-refractivity contribution < 1.29 is 33.2 Å². The molecular weight excluding hydrogens is 352 g/mol. The van der Waals surface area contributed by atoms with E-state index in [0.717, 1.165) is 0 Å². The van der Waals surface area contributed by atoms with E-state index in [0.29, 0.717) is 39.9 Å². The Kier molecular flexibility index (Phi) is 5.41. The van der Waals surface area contributed by atoms with E-state index in [9.17, 15) is 4.79 Å². The first-order chi connectivity index (χ1) is 13.1. The number of benzene rings is 2. The van der Waals surface area contributed by atoms with Crippen LogP contribution < -0.4 is 23.7 Å². The van der Waals surface area contributed by atoms with Gasteiger partial charge in [0, 0.05) is 7.11 Å². The minimum atomic E-state index is -0.811. The summed E-state index contributed by atoms with van der Waals surface area (Å²) in [6, 6.07) is 8.65. The van der Waals surface area contributed by atoms with E-state index < -0.39 is 12.2 Å². The van der Waals surface area contributed by atoms with E-state index >= 15 is 0 Å². The molecule has 0 unspecified atom stereocenters. The van der Waals surface area contributed by atoms with Gasteiger partial charge in [-0.3, -0.25) is 4.79 Å². The highest BCUT2D eigenvalue weighted by molar-refractivity contribution is 6.04. The van der Waals surface area contributed by atoms with Crippen LogP contribution in [0.1, 0.15) is 22.0 Å². The summed E-state index contributed by atoms with van der Waals surface area (Å²) in [5, 5.41) is 0. The molecule has 0 spiro atoms. The van der Waals surface area contributed by atoms with E-state index in [4.69, 9.17) is 28.4 Å². The second kappa shape index (κ2) is 7.75. The van der Waals surface area contributed by atoms with Crippen molar-refractivity contribution in [2.45, 2.75) is 12.2 Å². The summed E-state index contributed by atoms with van der Waals surface area (Å²) in [6.45, 7) is 0. The molecule has 0 radical (unpaired) electrons. The van der Waals surface area contributed by atoms with Gasteiger partial charge in [0.15, 0.2) is 41.0 Å². The summed E-state index contributed by atoms with van der Waals surface area (Å²) < 4.78 is 33.0. The van der Waals surface area contributed by atoms with Crippen LogP contribution in [0, 0.1) is 0 Å². The summed E-state index contributed by atoms with van der Waals surface area (Å²) in [7, 11) is 7.61. The summed E-state index contributed by atoms with van der Waals surface area (Å²) in [5.41, 5.74) is 1.10. The zero-order valence-corrected chi connectivity index (χ0v) is 15.9. The number of fused-ring (bicyclic) bond motifs is 1. The van der Waals surface area contributed by atoms with Crippen molar-refractivity contribution in [3.63, 3.8) is 0 Å². The number of ketones is 1. The van der Waals surface area contributed by atoms with Crippen molar-refractivity contribution in [1.82, 2.24) is 0 Å². The number of rotatable bonds is 6. The molecule has 3 rings (SSSR count). The van der Waals surface area contributed by atoms with Crippen LogP contribution in [0.3, 0.4) is 0 Å². The molecule has 2 atom stereocenters. The van der Waals surface area contributed by atoms with Gasteiger partial charge in [0.2, 0.25) is 5.75 Å². The standard InChI is InChI=1S/C20H22O7/c1-22-13-8-6-11(10-15(13)24-3)17-20(26-5)16(21)12-7-9-14(23-2)19(25-4)18(12)27-17/h6-10,17,20H,1-5H3/t17-,20-/m0/s1. The molecule has 0 fully saturated rings. The zero-order valence-electron chi connectivity index (χ0n) is 15.9. The van der Waals surface area contributed by atoms with Crippen LogP contribution in [0.5, 0.6) is 28.7 Å². The predicted molar refractivity (Wildman–Crippen MR) is 97.6 cm³/mol. The first kappa shape index (κ1) is 18.8. The van der Waals surface area contributed by atoms with Crippen LogP contribution in [0.4, 0.5) is 0 Å². The highest BCUT2D eigenvalue weighted by Gasteiger charge is 2.41.